The minimum Gasteiger partial charge on any atom is -0.494 e. The Labute approximate surface area is 181 Å². The van der Waals surface area contributed by atoms with Crippen molar-refractivity contribution in [2.75, 3.05) is 38.2 Å². The second-order valence-corrected chi connectivity index (χ2v) is 8.62. The summed E-state index contributed by atoms with van der Waals surface area (Å²) in [6.45, 7) is 2.53. The van der Waals surface area contributed by atoms with Crippen molar-refractivity contribution in [3.63, 3.8) is 0 Å². The highest BCUT2D eigenvalue weighted by molar-refractivity contribution is 7.22. The minimum atomic E-state index is -0.0712. The molecule has 0 unspecified atom stereocenters. The predicted octanol–water partition coefficient (Wildman–Crippen LogP) is 5.23. The van der Waals surface area contributed by atoms with Crippen molar-refractivity contribution >= 4 is 67.4 Å². The van der Waals surface area contributed by atoms with Crippen LogP contribution in [0.15, 0.2) is 30.3 Å². The summed E-state index contributed by atoms with van der Waals surface area (Å²) < 4.78 is 6.30. The van der Waals surface area contributed by atoms with Gasteiger partial charge in [-0.3, -0.25) is 4.79 Å². The zero-order valence-corrected chi connectivity index (χ0v) is 18.0. The first-order valence-electron chi connectivity index (χ1n) is 8.59. The highest BCUT2D eigenvalue weighted by atomic mass is 35.5. The van der Waals surface area contributed by atoms with E-state index in [0.717, 1.165) is 15.3 Å². The van der Waals surface area contributed by atoms with E-state index in [9.17, 15) is 4.79 Å². The summed E-state index contributed by atoms with van der Waals surface area (Å²) in [5.74, 6) is 0.631. The molecule has 1 amide bonds. The highest BCUT2D eigenvalue weighted by Gasteiger charge is 2.25. The molecule has 28 heavy (non-hydrogen) atoms. The summed E-state index contributed by atoms with van der Waals surface area (Å²) in [6, 6.07) is 8.54. The van der Waals surface area contributed by atoms with Gasteiger partial charge < -0.3 is 14.5 Å². The van der Waals surface area contributed by atoms with E-state index in [1.807, 2.05) is 12.1 Å². The third-order valence-corrected chi connectivity index (χ3v) is 6.63. The Bertz CT molecular complexity index is 1030. The standard InChI is InChI=1S/C19H16Cl3N3O2S/c1-27-15-3-2-14(22)17-16(15)23-19(28-17)25-6-4-24(5-7-25)18(26)11-8-12(20)10-13(21)9-11/h2-3,8-10H,4-7H2,1H3. The fraction of sp³-hybridized carbons (Fsp3) is 0.263. The molecule has 4 rings (SSSR count). The molecule has 0 spiro atoms. The third kappa shape index (κ3) is 3.74. The number of benzene rings is 2. The zero-order chi connectivity index (χ0) is 19.8. The maximum absolute atomic E-state index is 12.8. The van der Waals surface area contributed by atoms with Crippen LogP contribution in [0.4, 0.5) is 5.13 Å². The van der Waals surface area contributed by atoms with E-state index < -0.39 is 0 Å². The Morgan fingerprint density at radius 2 is 1.75 bits per heavy atom. The zero-order valence-electron chi connectivity index (χ0n) is 14.9. The molecule has 0 saturated carbocycles. The number of fused-ring (bicyclic) bond motifs is 1. The number of ether oxygens (including phenoxy) is 1. The molecular weight excluding hydrogens is 441 g/mol. The van der Waals surface area contributed by atoms with E-state index in [0.29, 0.717) is 52.6 Å². The Kier molecular flexibility index (Phi) is 5.56. The Balaban J connectivity index is 1.50. The molecule has 0 bridgehead atoms. The Hall–Kier alpha value is -1.73. The van der Waals surface area contributed by atoms with Gasteiger partial charge in [0.05, 0.1) is 16.8 Å². The first kappa shape index (κ1) is 19.6. The van der Waals surface area contributed by atoms with Crippen molar-refractivity contribution in [3.05, 3.63) is 51.0 Å². The SMILES string of the molecule is COc1ccc(Cl)c2sc(N3CCN(C(=O)c4cc(Cl)cc(Cl)c4)CC3)nc12. The smallest absolute Gasteiger partial charge is 0.254 e. The molecule has 3 aromatic rings. The molecular formula is C19H16Cl3N3O2S. The van der Waals surface area contributed by atoms with Gasteiger partial charge in [-0.15, -0.1) is 0 Å². The third-order valence-electron chi connectivity index (χ3n) is 4.61. The van der Waals surface area contributed by atoms with E-state index in [1.165, 1.54) is 11.3 Å². The quantitative estimate of drug-likeness (QED) is 0.541. The number of aromatic nitrogens is 1. The van der Waals surface area contributed by atoms with Crippen LogP contribution in [0.5, 0.6) is 5.75 Å². The maximum atomic E-state index is 12.8. The van der Waals surface area contributed by atoms with Gasteiger partial charge in [-0.05, 0) is 30.3 Å². The normalized spacial score (nSPS) is 14.6. The summed E-state index contributed by atoms with van der Waals surface area (Å²) >= 11 is 19.9. The van der Waals surface area contributed by atoms with Crippen LogP contribution in [0, 0.1) is 0 Å². The molecule has 1 fully saturated rings. The number of thiazole rings is 1. The van der Waals surface area contributed by atoms with Crippen LogP contribution in [-0.2, 0) is 0 Å². The number of carbonyl (C=O) groups is 1. The molecule has 1 saturated heterocycles. The molecule has 0 aliphatic carbocycles. The number of anilines is 1. The lowest BCUT2D eigenvalue weighted by molar-refractivity contribution is 0.0747. The number of rotatable bonds is 3. The van der Waals surface area contributed by atoms with Crippen molar-refractivity contribution in [1.29, 1.82) is 0 Å². The number of methoxy groups -OCH3 is 1. The number of amides is 1. The van der Waals surface area contributed by atoms with Crippen molar-refractivity contribution in [2.45, 2.75) is 0 Å². The van der Waals surface area contributed by atoms with Crippen LogP contribution >= 0.6 is 46.1 Å². The molecule has 1 aromatic heterocycles. The van der Waals surface area contributed by atoms with E-state index in [4.69, 9.17) is 44.5 Å². The lowest BCUT2D eigenvalue weighted by Crippen LogP contribution is -2.48. The minimum absolute atomic E-state index is 0.0712. The summed E-state index contributed by atoms with van der Waals surface area (Å²) in [7, 11) is 1.62. The van der Waals surface area contributed by atoms with Crippen molar-refractivity contribution in [1.82, 2.24) is 9.88 Å². The van der Waals surface area contributed by atoms with Crippen LogP contribution in [0.25, 0.3) is 10.2 Å². The molecule has 1 aliphatic rings. The number of nitrogens with zero attached hydrogens (tertiary/aromatic N) is 3. The lowest BCUT2D eigenvalue weighted by Gasteiger charge is -2.34. The number of hydrogen-bond acceptors (Lipinski definition) is 5. The van der Waals surface area contributed by atoms with Gasteiger partial charge in [0.15, 0.2) is 5.13 Å². The van der Waals surface area contributed by atoms with Gasteiger partial charge in [-0.1, -0.05) is 46.1 Å². The Morgan fingerprint density at radius 3 is 2.39 bits per heavy atom. The van der Waals surface area contributed by atoms with Gasteiger partial charge in [-0.2, -0.15) is 0 Å². The molecule has 0 atom stereocenters. The van der Waals surface area contributed by atoms with Gasteiger partial charge in [0, 0.05) is 41.8 Å². The lowest BCUT2D eigenvalue weighted by atomic mass is 10.2. The van der Waals surface area contributed by atoms with E-state index >= 15 is 0 Å². The Morgan fingerprint density at radius 1 is 1.07 bits per heavy atom. The number of piperazine rings is 1. The second kappa shape index (κ2) is 7.95. The summed E-state index contributed by atoms with van der Waals surface area (Å²) in [5.41, 5.74) is 1.27. The van der Waals surface area contributed by atoms with Crippen LogP contribution < -0.4 is 9.64 Å². The predicted molar refractivity (Wildman–Crippen MR) is 116 cm³/mol. The van der Waals surface area contributed by atoms with E-state index in [2.05, 4.69) is 4.90 Å². The first-order chi connectivity index (χ1) is 13.5. The summed E-state index contributed by atoms with van der Waals surface area (Å²) in [5, 5.41) is 2.44. The van der Waals surface area contributed by atoms with Gasteiger partial charge in [0.25, 0.3) is 5.91 Å². The molecule has 2 heterocycles. The number of halogens is 3. The van der Waals surface area contributed by atoms with Crippen molar-refractivity contribution < 1.29 is 9.53 Å². The average molecular weight is 457 g/mol. The molecule has 9 heteroatoms. The maximum Gasteiger partial charge on any atom is 0.254 e. The molecule has 146 valence electrons. The van der Waals surface area contributed by atoms with Crippen LogP contribution in [0.1, 0.15) is 10.4 Å². The highest BCUT2D eigenvalue weighted by Crippen LogP contribution is 2.38. The first-order valence-corrected chi connectivity index (χ1v) is 10.5. The van der Waals surface area contributed by atoms with E-state index in [1.54, 1.807) is 30.2 Å². The largest absolute Gasteiger partial charge is 0.494 e. The van der Waals surface area contributed by atoms with Crippen LogP contribution in [0.3, 0.4) is 0 Å². The molecule has 0 N–H and O–H groups in total. The molecule has 2 aromatic carbocycles. The summed E-state index contributed by atoms with van der Waals surface area (Å²) in [6.07, 6.45) is 0. The monoisotopic (exact) mass is 455 g/mol. The van der Waals surface area contributed by atoms with Gasteiger partial charge in [-0.25, -0.2) is 4.98 Å². The van der Waals surface area contributed by atoms with Gasteiger partial charge >= 0.3 is 0 Å². The molecule has 0 radical (unpaired) electrons. The van der Waals surface area contributed by atoms with E-state index in [-0.39, 0.29) is 5.91 Å². The summed E-state index contributed by atoms with van der Waals surface area (Å²) in [4.78, 5) is 21.4. The van der Waals surface area contributed by atoms with Gasteiger partial charge in [0.2, 0.25) is 0 Å². The fourth-order valence-electron chi connectivity index (χ4n) is 3.20. The number of carbonyl (C=O) groups excluding carboxylic acids is 1. The van der Waals surface area contributed by atoms with Crippen LogP contribution in [0.2, 0.25) is 15.1 Å². The second-order valence-electron chi connectivity index (χ2n) is 6.36. The average Bonchev–Trinajstić information content (AvgIpc) is 3.13. The van der Waals surface area contributed by atoms with Gasteiger partial charge in [0.1, 0.15) is 11.3 Å². The molecule has 1 aliphatic heterocycles. The topological polar surface area (TPSA) is 45.7 Å². The number of hydrogen-bond donors (Lipinski definition) is 0. The van der Waals surface area contributed by atoms with Crippen LogP contribution in [-0.4, -0.2) is 49.1 Å². The fourth-order valence-corrected chi connectivity index (χ4v) is 5.04. The van der Waals surface area contributed by atoms with Crippen molar-refractivity contribution in [2.24, 2.45) is 0 Å². The molecule has 5 nitrogen and oxygen atoms in total. The van der Waals surface area contributed by atoms with Crippen molar-refractivity contribution in [3.8, 4) is 5.75 Å².